The third-order valence-electron chi connectivity index (χ3n) is 4.80. The first-order chi connectivity index (χ1) is 14.2. The number of hydrogen-bond donors (Lipinski definition) is 1. The molecule has 8 nitrogen and oxygen atoms in total. The molecule has 0 spiro atoms. The molecule has 0 atom stereocenters. The number of aryl methyl sites for hydroxylation is 1. The number of ether oxygens (including phenoxy) is 1. The minimum atomic E-state index is 0.0237. The van der Waals surface area contributed by atoms with Crippen LogP contribution in [0.15, 0.2) is 59.7 Å². The third kappa shape index (κ3) is 3.96. The molecule has 0 fully saturated rings. The highest BCUT2D eigenvalue weighted by Crippen LogP contribution is 2.24. The van der Waals surface area contributed by atoms with E-state index in [1.54, 1.807) is 34.7 Å². The predicted octanol–water partition coefficient (Wildman–Crippen LogP) is 2.77. The van der Waals surface area contributed by atoms with Crippen LogP contribution < -0.4 is 15.6 Å². The van der Waals surface area contributed by atoms with Crippen molar-refractivity contribution < 1.29 is 4.74 Å². The first-order valence-electron chi connectivity index (χ1n) is 9.41. The summed E-state index contributed by atoms with van der Waals surface area (Å²) in [6.45, 7) is 3.28. The van der Waals surface area contributed by atoms with Gasteiger partial charge in [0.2, 0.25) is 5.65 Å². The molecule has 0 amide bonds. The normalized spacial score (nSPS) is 11.0. The van der Waals surface area contributed by atoms with Gasteiger partial charge in [0.25, 0.3) is 5.56 Å². The van der Waals surface area contributed by atoms with E-state index in [0.717, 1.165) is 34.8 Å². The number of rotatable bonds is 7. The summed E-state index contributed by atoms with van der Waals surface area (Å²) >= 11 is 0. The van der Waals surface area contributed by atoms with Crippen molar-refractivity contribution in [1.29, 1.82) is 0 Å². The van der Waals surface area contributed by atoms with Crippen LogP contribution >= 0.6 is 0 Å². The van der Waals surface area contributed by atoms with Crippen molar-refractivity contribution in [1.82, 2.24) is 24.4 Å². The molecular weight excluding hydrogens is 368 g/mol. The van der Waals surface area contributed by atoms with Gasteiger partial charge in [0.05, 0.1) is 18.5 Å². The molecule has 0 radical (unpaired) electrons. The van der Waals surface area contributed by atoms with Crippen molar-refractivity contribution in [2.24, 2.45) is 0 Å². The number of aromatic nitrogens is 5. The lowest BCUT2D eigenvalue weighted by molar-refractivity contribution is 0.415. The van der Waals surface area contributed by atoms with Crippen LogP contribution in [0.4, 0.5) is 5.69 Å². The molecule has 29 heavy (non-hydrogen) atoms. The quantitative estimate of drug-likeness (QED) is 0.488. The lowest BCUT2D eigenvalue weighted by Crippen LogP contribution is -2.22. The molecule has 0 unspecified atom stereocenters. The Hall–Kier alpha value is -3.68. The van der Waals surface area contributed by atoms with Crippen LogP contribution in [-0.4, -0.2) is 38.0 Å². The molecule has 4 aromatic rings. The lowest BCUT2D eigenvalue weighted by Gasteiger charge is -2.12. The summed E-state index contributed by atoms with van der Waals surface area (Å²) < 4.78 is 8.67. The van der Waals surface area contributed by atoms with E-state index in [1.807, 2.05) is 43.3 Å². The molecule has 3 heterocycles. The Morgan fingerprint density at radius 3 is 2.72 bits per heavy atom. The van der Waals surface area contributed by atoms with Gasteiger partial charge in [-0.05, 0) is 49.7 Å². The fourth-order valence-electron chi connectivity index (χ4n) is 3.23. The van der Waals surface area contributed by atoms with Crippen LogP contribution in [0.5, 0.6) is 5.75 Å². The zero-order valence-corrected chi connectivity index (χ0v) is 16.4. The highest BCUT2D eigenvalue weighted by molar-refractivity contribution is 5.73. The SMILES string of the molecule is COc1ccc(-c2cc(NCCCn3c(C)cccc3=O)c3nncn3n2)cc1. The van der Waals surface area contributed by atoms with Crippen LogP contribution in [0.1, 0.15) is 12.1 Å². The number of fused-ring (bicyclic) bond motifs is 1. The summed E-state index contributed by atoms with van der Waals surface area (Å²) in [4.78, 5) is 12.0. The van der Waals surface area contributed by atoms with E-state index >= 15 is 0 Å². The zero-order valence-electron chi connectivity index (χ0n) is 16.4. The second-order valence-electron chi connectivity index (χ2n) is 6.71. The Labute approximate surface area is 167 Å². The molecule has 0 saturated carbocycles. The summed E-state index contributed by atoms with van der Waals surface area (Å²) in [5.41, 5.74) is 4.27. The van der Waals surface area contributed by atoms with Crippen molar-refractivity contribution in [2.45, 2.75) is 19.9 Å². The van der Waals surface area contributed by atoms with Crippen LogP contribution in [0.3, 0.4) is 0 Å². The smallest absolute Gasteiger partial charge is 0.250 e. The average Bonchev–Trinajstić information content (AvgIpc) is 3.21. The van der Waals surface area contributed by atoms with Gasteiger partial charge in [-0.15, -0.1) is 10.2 Å². The van der Waals surface area contributed by atoms with Crippen molar-refractivity contribution in [2.75, 3.05) is 19.0 Å². The van der Waals surface area contributed by atoms with E-state index in [0.29, 0.717) is 18.7 Å². The van der Waals surface area contributed by atoms with Gasteiger partial charge in [0.15, 0.2) is 0 Å². The molecule has 148 valence electrons. The Morgan fingerprint density at radius 2 is 1.97 bits per heavy atom. The highest BCUT2D eigenvalue weighted by atomic mass is 16.5. The number of methoxy groups -OCH3 is 1. The lowest BCUT2D eigenvalue weighted by atomic mass is 10.1. The summed E-state index contributed by atoms with van der Waals surface area (Å²) in [7, 11) is 1.64. The summed E-state index contributed by atoms with van der Waals surface area (Å²) in [6.07, 6.45) is 2.38. The topological polar surface area (TPSA) is 86.3 Å². The largest absolute Gasteiger partial charge is 0.497 e. The van der Waals surface area contributed by atoms with Gasteiger partial charge in [-0.2, -0.15) is 9.61 Å². The maximum absolute atomic E-state index is 12.0. The fourth-order valence-corrected chi connectivity index (χ4v) is 3.23. The average molecular weight is 390 g/mol. The molecule has 0 aliphatic carbocycles. The molecule has 3 aromatic heterocycles. The maximum atomic E-state index is 12.0. The molecule has 0 saturated heterocycles. The van der Waals surface area contributed by atoms with Crippen molar-refractivity contribution >= 4 is 11.3 Å². The Kier molecular flexibility index (Phi) is 5.24. The van der Waals surface area contributed by atoms with Crippen molar-refractivity contribution in [3.05, 3.63) is 70.9 Å². The van der Waals surface area contributed by atoms with E-state index in [-0.39, 0.29) is 5.56 Å². The molecule has 1 aromatic carbocycles. The van der Waals surface area contributed by atoms with Gasteiger partial charge in [0.1, 0.15) is 12.1 Å². The summed E-state index contributed by atoms with van der Waals surface area (Å²) in [5, 5.41) is 16.1. The third-order valence-corrected chi connectivity index (χ3v) is 4.80. The van der Waals surface area contributed by atoms with Gasteiger partial charge < -0.3 is 14.6 Å². The van der Waals surface area contributed by atoms with Gasteiger partial charge >= 0.3 is 0 Å². The molecule has 1 N–H and O–H groups in total. The maximum Gasteiger partial charge on any atom is 0.250 e. The van der Waals surface area contributed by atoms with Crippen LogP contribution in [-0.2, 0) is 6.54 Å². The summed E-state index contributed by atoms with van der Waals surface area (Å²) in [5.74, 6) is 0.795. The van der Waals surface area contributed by atoms with Gasteiger partial charge in [0, 0.05) is 30.4 Å². The van der Waals surface area contributed by atoms with Crippen LogP contribution in [0, 0.1) is 6.92 Å². The Morgan fingerprint density at radius 1 is 1.14 bits per heavy atom. The molecule has 8 heteroatoms. The van der Waals surface area contributed by atoms with E-state index in [2.05, 4.69) is 20.6 Å². The van der Waals surface area contributed by atoms with E-state index in [9.17, 15) is 4.79 Å². The van der Waals surface area contributed by atoms with E-state index in [1.165, 1.54) is 0 Å². The fraction of sp³-hybridized carbons (Fsp3) is 0.238. The molecular formula is C21H22N6O2. The number of nitrogens with zero attached hydrogens (tertiary/aromatic N) is 5. The second kappa shape index (κ2) is 8.14. The second-order valence-corrected chi connectivity index (χ2v) is 6.71. The molecule has 0 aliphatic heterocycles. The standard InChI is InChI=1S/C21H22N6O2/c1-15-5-3-6-20(28)26(15)12-4-11-22-19-13-18(25-27-14-23-24-21(19)27)16-7-9-17(29-2)10-8-16/h3,5-10,13-14,22H,4,11-12H2,1-2H3. The number of nitrogens with one attached hydrogen (secondary N) is 1. The number of pyridine rings is 1. The summed E-state index contributed by atoms with van der Waals surface area (Å²) in [6, 6.07) is 15.0. The predicted molar refractivity (Wildman–Crippen MR) is 111 cm³/mol. The first-order valence-corrected chi connectivity index (χ1v) is 9.41. The molecule has 0 aliphatic rings. The Balaban J connectivity index is 1.52. The minimum Gasteiger partial charge on any atom is -0.497 e. The number of benzene rings is 1. The van der Waals surface area contributed by atoms with Gasteiger partial charge in [-0.25, -0.2) is 0 Å². The van der Waals surface area contributed by atoms with Crippen molar-refractivity contribution in [3.63, 3.8) is 0 Å². The minimum absolute atomic E-state index is 0.0237. The van der Waals surface area contributed by atoms with Gasteiger partial charge in [-0.1, -0.05) is 6.07 Å². The van der Waals surface area contributed by atoms with E-state index in [4.69, 9.17) is 4.74 Å². The molecule has 4 rings (SSSR count). The number of anilines is 1. The monoisotopic (exact) mass is 390 g/mol. The van der Waals surface area contributed by atoms with Crippen molar-refractivity contribution in [3.8, 4) is 17.0 Å². The Bertz CT molecular complexity index is 1180. The van der Waals surface area contributed by atoms with Gasteiger partial charge in [-0.3, -0.25) is 4.79 Å². The highest BCUT2D eigenvalue weighted by Gasteiger charge is 2.10. The van der Waals surface area contributed by atoms with Crippen LogP contribution in [0.25, 0.3) is 16.9 Å². The van der Waals surface area contributed by atoms with Crippen LogP contribution in [0.2, 0.25) is 0 Å². The molecule has 0 bridgehead atoms. The zero-order chi connectivity index (χ0) is 20.2. The van der Waals surface area contributed by atoms with E-state index < -0.39 is 0 Å². The first kappa shape index (κ1) is 18.7. The number of hydrogen-bond acceptors (Lipinski definition) is 6.